The van der Waals surface area contributed by atoms with Crippen molar-refractivity contribution in [2.24, 2.45) is 5.14 Å². The third kappa shape index (κ3) is 5.64. The normalized spacial score (nSPS) is 11.5. The van der Waals surface area contributed by atoms with Crippen LogP contribution in [0, 0.1) is 0 Å². The molecular weight excluding hydrogens is 400 g/mol. The van der Waals surface area contributed by atoms with Crippen LogP contribution < -0.4 is 5.14 Å². The fraction of sp³-hybridized carbons (Fsp3) is 0.304. The highest BCUT2D eigenvalue weighted by atomic mass is 32.2. The predicted molar refractivity (Wildman–Crippen MR) is 116 cm³/mol. The van der Waals surface area contributed by atoms with Crippen LogP contribution in [0.3, 0.4) is 0 Å². The molecule has 3 aromatic rings. The summed E-state index contributed by atoms with van der Waals surface area (Å²) in [6.07, 6.45) is 7.38. The SMILES string of the molecule is NS(=O)(=O)c1ccc(-c2c(-c3ccccc3)noc2CCCCCCCC=O)cc1. The second-order valence-electron chi connectivity index (χ2n) is 7.24. The first kappa shape index (κ1) is 21.9. The molecule has 0 spiro atoms. The molecule has 0 amide bonds. The number of unbranched alkanes of at least 4 members (excludes halogenated alkanes) is 5. The van der Waals surface area contributed by atoms with Gasteiger partial charge in [-0.05, 0) is 30.5 Å². The smallest absolute Gasteiger partial charge is 0.238 e. The number of sulfonamides is 1. The standard InChI is InChI=1S/C23H26N2O4S/c24-30(27,28)20-15-13-18(14-16-20)22-21(12-8-3-1-2-4-9-17-26)29-25-23(22)19-10-6-5-7-11-19/h5-7,10-11,13-17H,1-4,8-9,12H2,(H2,24,27,28). The zero-order valence-electron chi connectivity index (χ0n) is 16.8. The van der Waals surface area contributed by atoms with Gasteiger partial charge >= 0.3 is 0 Å². The van der Waals surface area contributed by atoms with Crippen LogP contribution >= 0.6 is 0 Å². The lowest BCUT2D eigenvalue weighted by Crippen LogP contribution is -2.11. The molecule has 0 saturated carbocycles. The molecule has 0 saturated heterocycles. The minimum absolute atomic E-state index is 0.0702. The largest absolute Gasteiger partial charge is 0.360 e. The molecule has 30 heavy (non-hydrogen) atoms. The average molecular weight is 427 g/mol. The van der Waals surface area contributed by atoms with E-state index in [4.69, 9.17) is 9.66 Å². The summed E-state index contributed by atoms with van der Waals surface area (Å²) in [6, 6.07) is 16.2. The van der Waals surface area contributed by atoms with Crippen molar-refractivity contribution in [2.75, 3.05) is 0 Å². The van der Waals surface area contributed by atoms with Crippen LogP contribution in [0.2, 0.25) is 0 Å². The van der Waals surface area contributed by atoms with Crippen LogP contribution in [0.15, 0.2) is 64.0 Å². The first-order chi connectivity index (χ1) is 14.5. The molecule has 0 atom stereocenters. The molecule has 2 aromatic carbocycles. The molecule has 1 heterocycles. The number of aldehydes is 1. The molecule has 6 nitrogen and oxygen atoms in total. The zero-order chi connectivity index (χ0) is 21.4. The van der Waals surface area contributed by atoms with Gasteiger partial charge in [-0.2, -0.15) is 0 Å². The molecule has 0 bridgehead atoms. The van der Waals surface area contributed by atoms with E-state index in [1.165, 1.54) is 12.1 Å². The number of nitrogens with two attached hydrogens (primary N) is 1. The van der Waals surface area contributed by atoms with Gasteiger partial charge in [0, 0.05) is 18.4 Å². The number of rotatable bonds is 11. The minimum atomic E-state index is -3.75. The number of hydrogen-bond donors (Lipinski definition) is 1. The van der Waals surface area contributed by atoms with Crippen LogP contribution in [0.25, 0.3) is 22.4 Å². The molecule has 0 aliphatic heterocycles. The Morgan fingerprint density at radius 2 is 1.53 bits per heavy atom. The van der Waals surface area contributed by atoms with Gasteiger partial charge in [-0.3, -0.25) is 0 Å². The molecule has 7 heteroatoms. The van der Waals surface area contributed by atoms with Gasteiger partial charge in [0.25, 0.3) is 0 Å². The first-order valence-corrected chi connectivity index (χ1v) is 11.7. The third-order valence-corrected chi connectivity index (χ3v) is 5.94. The van der Waals surface area contributed by atoms with E-state index in [0.717, 1.165) is 73.0 Å². The number of carbonyl (C=O) groups is 1. The Hall–Kier alpha value is -2.77. The monoisotopic (exact) mass is 426 g/mol. The minimum Gasteiger partial charge on any atom is -0.360 e. The van der Waals surface area contributed by atoms with Crippen LogP contribution in [0.4, 0.5) is 0 Å². The van der Waals surface area contributed by atoms with Crippen LogP contribution in [-0.4, -0.2) is 19.9 Å². The summed E-state index contributed by atoms with van der Waals surface area (Å²) in [4.78, 5) is 10.5. The van der Waals surface area contributed by atoms with Gasteiger partial charge in [0.1, 0.15) is 17.7 Å². The quantitative estimate of drug-likeness (QED) is 0.352. The molecule has 0 aliphatic rings. The van der Waals surface area contributed by atoms with Crippen molar-refractivity contribution < 1.29 is 17.7 Å². The van der Waals surface area contributed by atoms with Gasteiger partial charge in [0.15, 0.2) is 0 Å². The van der Waals surface area contributed by atoms with Gasteiger partial charge in [-0.1, -0.05) is 66.9 Å². The summed E-state index contributed by atoms with van der Waals surface area (Å²) in [6.45, 7) is 0. The Morgan fingerprint density at radius 1 is 0.867 bits per heavy atom. The van der Waals surface area contributed by atoms with Crippen molar-refractivity contribution in [3.05, 3.63) is 60.4 Å². The molecule has 1 aromatic heterocycles. The highest BCUT2D eigenvalue weighted by Gasteiger charge is 2.19. The Morgan fingerprint density at radius 3 is 2.20 bits per heavy atom. The maximum atomic E-state index is 11.6. The van der Waals surface area contributed by atoms with E-state index in [0.29, 0.717) is 6.42 Å². The molecule has 3 rings (SSSR count). The molecule has 0 unspecified atom stereocenters. The molecule has 0 aliphatic carbocycles. The summed E-state index contributed by atoms with van der Waals surface area (Å²) in [7, 11) is -3.75. The summed E-state index contributed by atoms with van der Waals surface area (Å²) in [5.41, 5.74) is 3.39. The Bertz CT molecular complexity index is 1060. The zero-order valence-corrected chi connectivity index (χ0v) is 17.6. The van der Waals surface area contributed by atoms with Crippen molar-refractivity contribution in [1.82, 2.24) is 5.16 Å². The van der Waals surface area contributed by atoms with Crippen molar-refractivity contribution in [3.8, 4) is 22.4 Å². The predicted octanol–water partition coefficient (Wildman–Crippen LogP) is 4.74. The number of carbonyl (C=O) groups excluding carboxylic acids is 1. The van der Waals surface area contributed by atoms with E-state index < -0.39 is 10.0 Å². The summed E-state index contributed by atoms with van der Waals surface area (Å²) in [5, 5.41) is 9.54. The number of benzene rings is 2. The fourth-order valence-electron chi connectivity index (χ4n) is 3.44. The number of primary sulfonamides is 1. The maximum absolute atomic E-state index is 11.6. The van der Waals surface area contributed by atoms with Gasteiger partial charge < -0.3 is 9.32 Å². The molecular formula is C23H26N2O4S. The van der Waals surface area contributed by atoms with E-state index >= 15 is 0 Å². The van der Waals surface area contributed by atoms with Crippen molar-refractivity contribution in [2.45, 2.75) is 49.8 Å². The topological polar surface area (TPSA) is 103 Å². The molecule has 0 fully saturated rings. The van der Waals surface area contributed by atoms with Gasteiger partial charge in [-0.25, -0.2) is 13.6 Å². The fourth-order valence-corrected chi connectivity index (χ4v) is 3.96. The lowest BCUT2D eigenvalue weighted by Gasteiger charge is -2.06. The second-order valence-corrected chi connectivity index (χ2v) is 8.80. The van der Waals surface area contributed by atoms with E-state index in [1.54, 1.807) is 12.1 Å². The Labute approximate surface area is 177 Å². The van der Waals surface area contributed by atoms with Gasteiger partial charge in [0.05, 0.1) is 10.5 Å². The highest BCUT2D eigenvalue weighted by Crippen LogP contribution is 2.35. The van der Waals surface area contributed by atoms with E-state index in [2.05, 4.69) is 5.16 Å². The van der Waals surface area contributed by atoms with E-state index in [-0.39, 0.29) is 4.90 Å². The number of nitrogens with zero attached hydrogens (tertiary/aromatic N) is 1. The summed E-state index contributed by atoms with van der Waals surface area (Å²) < 4.78 is 28.9. The van der Waals surface area contributed by atoms with Crippen molar-refractivity contribution >= 4 is 16.3 Å². The Balaban J connectivity index is 1.83. The lowest BCUT2D eigenvalue weighted by atomic mass is 9.97. The van der Waals surface area contributed by atoms with Crippen LogP contribution in [-0.2, 0) is 21.2 Å². The summed E-state index contributed by atoms with van der Waals surface area (Å²) in [5.74, 6) is 0.783. The number of hydrogen-bond acceptors (Lipinski definition) is 5. The molecule has 2 N–H and O–H groups in total. The maximum Gasteiger partial charge on any atom is 0.238 e. The Kier molecular flexibility index (Phi) is 7.54. The van der Waals surface area contributed by atoms with E-state index in [9.17, 15) is 13.2 Å². The molecule has 0 radical (unpaired) electrons. The first-order valence-electron chi connectivity index (χ1n) is 10.1. The third-order valence-electron chi connectivity index (χ3n) is 5.01. The van der Waals surface area contributed by atoms with Crippen molar-refractivity contribution in [1.29, 1.82) is 0 Å². The lowest BCUT2D eigenvalue weighted by molar-refractivity contribution is -0.107. The van der Waals surface area contributed by atoms with Crippen LogP contribution in [0.5, 0.6) is 0 Å². The van der Waals surface area contributed by atoms with Gasteiger partial charge in [0.2, 0.25) is 10.0 Å². The second kappa shape index (κ2) is 10.3. The average Bonchev–Trinajstić information content (AvgIpc) is 3.17. The number of aromatic nitrogens is 1. The van der Waals surface area contributed by atoms with E-state index in [1.807, 2.05) is 30.3 Å². The highest BCUT2D eigenvalue weighted by molar-refractivity contribution is 7.89. The van der Waals surface area contributed by atoms with Gasteiger partial charge in [-0.15, -0.1) is 0 Å². The molecule has 158 valence electrons. The van der Waals surface area contributed by atoms with Crippen molar-refractivity contribution in [3.63, 3.8) is 0 Å². The van der Waals surface area contributed by atoms with Crippen LogP contribution in [0.1, 0.15) is 44.3 Å². The number of aryl methyl sites for hydroxylation is 1. The summed E-state index contributed by atoms with van der Waals surface area (Å²) >= 11 is 0.